The van der Waals surface area contributed by atoms with Crippen molar-refractivity contribution in [1.82, 2.24) is 14.5 Å². The molecule has 0 amide bonds. The number of benzene rings is 2. The second kappa shape index (κ2) is 8.94. The molecule has 2 heterocycles. The predicted molar refractivity (Wildman–Crippen MR) is 124 cm³/mol. The molecule has 0 N–H and O–H groups in total. The van der Waals surface area contributed by atoms with Crippen LogP contribution in [-0.4, -0.2) is 56.2 Å². The standard InChI is InChI=1S/C22H23BrN4O3S/c1-16-5-3-4-6-18(16)19-8-10-22(25-24-19)26-11-13-27(14-12-26)31(28,29)21-15-17(23)7-9-20(21)30-2/h3-10,15H,11-14H2,1-2H3. The number of anilines is 1. The highest BCUT2D eigenvalue weighted by atomic mass is 79.9. The zero-order valence-corrected chi connectivity index (χ0v) is 19.7. The Morgan fingerprint density at radius 2 is 1.71 bits per heavy atom. The van der Waals surface area contributed by atoms with Gasteiger partial charge in [-0.1, -0.05) is 40.2 Å². The first-order valence-electron chi connectivity index (χ1n) is 9.88. The normalized spacial score (nSPS) is 15.1. The molecule has 0 unspecified atom stereocenters. The van der Waals surface area contributed by atoms with Crippen molar-refractivity contribution in [3.63, 3.8) is 0 Å². The number of aryl methyl sites for hydroxylation is 1. The minimum absolute atomic E-state index is 0.167. The number of sulfonamides is 1. The molecule has 162 valence electrons. The number of piperazine rings is 1. The van der Waals surface area contributed by atoms with Gasteiger partial charge in [-0.25, -0.2) is 8.42 Å². The molecular weight excluding hydrogens is 480 g/mol. The Balaban J connectivity index is 1.48. The molecular formula is C22H23BrN4O3S. The lowest BCUT2D eigenvalue weighted by molar-refractivity contribution is 0.373. The number of ether oxygens (including phenoxy) is 1. The third kappa shape index (κ3) is 4.44. The number of methoxy groups -OCH3 is 1. The summed E-state index contributed by atoms with van der Waals surface area (Å²) in [6.07, 6.45) is 0. The molecule has 1 saturated heterocycles. The van der Waals surface area contributed by atoms with Crippen LogP contribution < -0.4 is 9.64 Å². The fraction of sp³-hybridized carbons (Fsp3) is 0.273. The summed E-state index contributed by atoms with van der Waals surface area (Å²) in [4.78, 5) is 2.22. The Hall–Kier alpha value is -2.49. The summed E-state index contributed by atoms with van der Waals surface area (Å²) < 4.78 is 33.8. The van der Waals surface area contributed by atoms with Crippen molar-refractivity contribution in [2.75, 3.05) is 38.2 Å². The molecule has 0 atom stereocenters. The van der Waals surface area contributed by atoms with Gasteiger partial charge in [-0.05, 0) is 42.8 Å². The predicted octanol–water partition coefficient (Wildman–Crippen LogP) is 3.73. The van der Waals surface area contributed by atoms with Crippen molar-refractivity contribution in [2.45, 2.75) is 11.8 Å². The van der Waals surface area contributed by atoms with E-state index < -0.39 is 10.0 Å². The van der Waals surface area contributed by atoms with Crippen LogP contribution in [0, 0.1) is 6.92 Å². The Morgan fingerprint density at radius 1 is 0.968 bits per heavy atom. The lowest BCUT2D eigenvalue weighted by Crippen LogP contribution is -2.49. The number of hydrogen-bond donors (Lipinski definition) is 0. The van der Waals surface area contributed by atoms with Gasteiger partial charge in [0, 0.05) is 36.2 Å². The quantitative estimate of drug-likeness (QED) is 0.528. The second-order valence-electron chi connectivity index (χ2n) is 7.28. The summed E-state index contributed by atoms with van der Waals surface area (Å²) in [6.45, 7) is 3.84. The van der Waals surface area contributed by atoms with Gasteiger partial charge in [0.25, 0.3) is 0 Å². The van der Waals surface area contributed by atoms with Gasteiger partial charge < -0.3 is 9.64 Å². The number of aromatic nitrogens is 2. The molecule has 0 spiro atoms. The highest BCUT2D eigenvalue weighted by molar-refractivity contribution is 9.10. The van der Waals surface area contributed by atoms with Crippen LogP contribution in [0.15, 0.2) is 64.0 Å². The van der Waals surface area contributed by atoms with E-state index in [9.17, 15) is 8.42 Å². The first-order chi connectivity index (χ1) is 14.9. The molecule has 2 aromatic carbocycles. The summed E-state index contributed by atoms with van der Waals surface area (Å²) in [5, 5.41) is 8.77. The van der Waals surface area contributed by atoms with Crippen LogP contribution in [0.25, 0.3) is 11.3 Å². The molecule has 3 aromatic rings. The molecule has 4 rings (SSSR count). The molecule has 0 saturated carbocycles. The Kier molecular flexibility index (Phi) is 6.27. The third-order valence-corrected chi connectivity index (χ3v) is 7.79. The van der Waals surface area contributed by atoms with Crippen molar-refractivity contribution in [2.24, 2.45) is 0 Å². The minimum atomic E-state index is -3.66. The Morgan fingerprint density at radius 3 is 2.35 bits per heavy atom. The van der Waals surface area contributed by atoms with E-state index in [1.54, 1.807) is 18.2 Å². The molecule has 1 aliphatic heterocycles. The average molecular weight is 503 g/mol. The van der Waals surface area contributed by atoms with Gasteiger partial charge in [0.05, 0.1) is 12.8 Å². The molecule has 0 aliphatic carbocycles. The zero-order valence-electron chi connectivity index (χ0n) is 17.3. The van der Waals surface area contributed by atoms with Gasteiger partial charge in [0.15, 0.2) is 5.82 Å². The molecule has 0 radical (unpaired) electrons. The zero-order chi connectivity index (χ0) is 22.0. The molecule has 7 nitrogen and oxygen atoms in total. The van der Waals surface area contributed by atoms with Crippen LogP contribution in [0.5, 0.6) is 5.75 Å². The van der Waals surface area contributed by atoms with Crippen LogP contribution in [-0.2, 0) is 10.0 Å². The van der Waals surface area contributed by atoms with Crippen molar-refractivity contribution in [3.05, 3.63) is 64.6 Å². The number of nitrogens with zero attached hydrogens (tertiary/aromatic N) is 4. The smallest absolute Gasteiger partial charge is 0.246 e. The first-order valence-corrected chi connectivity index (χ1v) is 12.1. The molecule has 1 aromatic heterocycles. The summed E-state index contributed by atoms with van der Waals surface area (Å²) in [6, 6.07) is 16.9. The van der Waals surface area contributed by atoms with Crippen molar-refractivity contribution in [3.8, 4) is 17.0 Å². The van der Waals surface area contributed by atoms with E-state index in [0.29, 0.717) is 36.4 Å². The highest BCUT2D eigenvalue weighted by Gasteiger charge is 2.31. The molecule has 9 heteroatoms. The maximum atomic E-state index is 13.2. The van der Waals surface area contributed by atoms with E-state index in [0.717, 1.165) is 22.6 Å². The first kappa shape index (κ1) is 21.7. The van der Waals surface area contributed by atoms with E-state index in [1.165, 1.54) is 11.4 Å². The van der Waals surface area contributed by atoms with Gasteiger partial charge in [0.1, 0.15) is 10.6 Å². The fourth-order valence-corrected chi connectivity index (χ4v) is 5.76. The van der Waals surface area contributed by atoms with Crippen LogP contribution in [0.2, 0.25) is 0 Å². The van der Waals surface area contributed by atoms with Crippen LogP contribution >= 0.6 is 15.9 Å². The Labute approximate surface area is 190 Å². The number of halogens is 1. The van der Waals surface area contributed by atoms with Crippen LogP contribution in [0.1, 0.15) is 5.56 Å². The van der Waals surface area contributed by atoms with Gasteiger partial charge in [0.2, 0.25) is 10.0 Å². The Bertz CT molecular complexity index is 1180. The van der Waals surface area contributed by atoms with E-state index >= 15 is 0 Å². The van der Waals surface area contributed by atoms with Crippen molar-refractivity contribution >= 4 is 31.8 Å². The second-order valence-corrected chi connectivity index (χ2v) is 10.1. The van der Waals surface area contributed by atoms with Crippen LogP contribution in [0.4, 0.5) is 5.82 Å². The topological polar surface area (TPSA) is 75.6 Å². The minimum Gasteiger partial charge on any atom is -0.495 e. The van der Waals surface area contributed by atoms with Gasteiger partial charge in [-0.3, -0.25) is 0 Å². The van der Waals surface area contributed by atoms with E-state index in [1.807, 2.05) is 43.3 Å². The monoisotopic (exact) mass is 502 g/mol. The summed E-state index contributed by atoms with van der Waals surface area (Å²) in [7, 11) is -2.19. The SMILES string of the molecule is COc1ccc(Br)cc1S(=O)(=O)N1CCN(c2ccc(-c3ccccc3C)nn2)CC1. The summed E-state index contributed by atoms with van der Waals surface area (Å²) >= 11 is 3.35. The van der Waals surface area contributed by atoms with Crippen molar-refractivity contribution in [1.29, 1.82) is 0 Å². The van der Waals surface area contributed by atoms with E-state index in [2.05, 4.69) is 31.0 Å². The highest BCUT2D eigenvalue weighted by Crippen LogP contribution is 2.30. The molecule has 0 bridgehead atoms. The molecule has 1 aliphatic rings. The molecule has 1 fully saturated rings. The van der Waals surface area contributed by atoms with Crippen LogP contribution in [0.3, 0.4) is 0 Å². The molecule has 31 heavy (non-hydrogen) atoms. The summed E-state index contributed by atoms with van der Waals surface area (Å²) in [5.41, 5.74) is 3.02. The van der Waals surface area contributed by atoms with E-state index in [4.69, 9.17) is 4.74 Å². The number of rotatable bonds is 5. The van der Waals surface area contributed by atoms with Gasteiger partial charge in [-0.2, -0.15) is 4.31 Å². The average Bonchev–Trinajstić information content (AvgIpc) is 2.79. The van der Waals surface area contributed by atoms with Crippen molar-refractivity contribution < 1.29 is 13.2 Å². The lowest BCUT2D eigenvalue weighted by Gasteiger charge is -2.34. The summed E-state index contributed by atoms with van der Waals surface area (Å²) in [5.74, 6) is 1.08. The van der Waals surface area contributed by atoms with E-state index in [-0.39, 0.29) is 4.90 Å². The fourth-order valence-electron chi connectivity index (χ4n) is 3.65. The van der Waals surface area contributed by atoms with Gasteiger partial charge >= 0.3 is 0 Å². The largest absolute Gasteiger partial charge is 0.495 e. The number of hydrogen-bond acceptors (Lipinski definition) is 6. The maximum Gasteiger partial charge on any atom is 0.246 e. The maximum absolute atomic E-state index is 13.2. The van der Waals surface area contributed by atoms with Gasteiger partial charge in [-0.15, -0.1) is 10.2 Å². The third-order valence-electron chi connectivity index (χ3n) is 5.38. The lowest BCUT2D eigenvalue weighted by atomic mass is 10.1.